The van der Waals surface area contributed by atoms with Crippen molar-refractivity contribution in [2.24, 2.45) is 0 Å². The molecule has 3 nitrogen and oxygen atoms in total. The Balaban J connectivity index is 2.32. The standard InChI is InChI=1S/C16H22O3/c1-4-19-16(9-5-6-10-16)15(17)14-8-7-13(18-3)11-12(14)2/h7-8,11H,4-6,9-10H2,1-3H3. The number of carbonyl (C=O) groups is 1. The van der Waals surface area contributed by atoms with Crippen LogP contribution in [0.3, 0.4) is 0 Å². The number of Topliss-reactive ketones (excluding diaryl/α,β-unsaturated/α-hetero) is 1. The summed E-state index contributed by atoms with van der Waals surface area (Å²) in [6.07, 6.45) is 3.82. The fourth-order valence-corrected chi connectivity index (χ4v) is 2.92. The number of ether oxygens (including phenoxy) is 2. The molecular formula is C16H22O3. The molecule has 1 aliphatic rings. The van der Waals surface area contributed by atoms with Crippen molar-refractivity contribution >= 4 is 5.78 Å². The molecule has 1 aromatic rings. The smallest absolute Gasteiger partial charge is 0.194 e. The second-order valence-electron chi connectivity index (χ2n) is 5.14. The first-order valence-electron chi connectivity index (χ1n) is 6.96. The van der Waals surface area contributed by atoms with Gasteiger partial charge in [-0.15, -0.1) is 0 Å². The van der Waals surface area contributed by atoms with Crippen LogP contribution < -0.4 is 4.74 Å². The maximum absolute atomic E-state index is 12.8. The van der Waals surface area contributed by atoms with Crippen molar-refractivity contribution in [1.82, 2.24) is 0 Å². The molecule has 0 bridgehead atoms. The number of rotatable bonds is 5. The van der Waals surface area contributed by atoms with Crippen LogP contribution in [0.1, 0.15) is 48.5 Å². The number of aryl methyl sites for hydroxylation is 1. The van der Waals surface area contributed by atoms with Crippen LogP contribution >= 0.6 is 0 Å². The summed E-state index contributed by atoms with van der Waals surface area (Å²) in [7, 11) is 1.63. The van der Waals surface area contributed by atoms with Gasteiger partial charge in [0.1, 0.15) is 11.4 Å². The van der Waals surface area contributed by atoms with Crippen molar-refractivity contribution < 1.29 is 14.3 Å². The summed E-state index contributed by atoms with van der Waals surface area (Å²) in [5.74, 6) is 0.915. The number of benzene rings is 1. The maximum atomic E-state index is 12.8. The first kappa shape index (κ1) is 14.1. The highest BCUT2D eigenvalue weighted by atomic mass is 16.5. The van der Waals surface area contributed by atoms with Crippen LogP contribution in [0.5, 0.6) is 5.75 Å². The SMILES string of the molecule is CCOC1(C(=O)c2ccc(OC)cc2C)CCCC1. The molecule has 1 fully saturated rings. The Hall–Kier alpha value is -1.35. The molecule has 19 heavy (non-hydrogen) atoms. The molecule has 1 aromatic carbocycles. The monoisotopic (exact) mass is 262 g/mol. The van der Waals surface area contributed by atoms with Gasteiger partial charge in [-0.25, -0.2) is 0 Å². The minimum Gasteiger partial charge on any atom is -0.497 e. The van der Waals surface area contributed by atoms with Gasteiger partial charge >= 0.3 is 0 Å². The number of hydrogen-bond donors (Lipinski definition) is 0. The van der Waals surface area contributed by atoms with Gasteiger partial charge in [0.2, 0.25) is 0 Å². The summed E-state index contributed by atoms with van der Waals surface area (Å²) >= 11 is 0. The van der Waals surface area contributed by atoms with E-state index < -0.39 is 5.60 Å². The maximum Gasteiger partial charge on any atom is 0.194 e. The van der Waals surface area contributed by atoms with Crippen molar-refractivity contribution in [3.63, 3.8) is 0 Å². The van der Waals surface area contributed by atoms with Gasteiger partial charge in [-0.3, -0.25) is 4.79 Å². The predicted molar refractivity (Wildman–Crippen MR) is 74.9 cm³/mol. The van der Waals surface area contributed by atoms with E-state index in [1.54, 1.807) is 7.11 Å². The minimum absolute atomic E-state index is 0.131. The molecule has 1 aliphatic carbocycles. The predicted octanol–water partition coefficient (Wildman–Crippen LogP) is 3.54. The second kappa shape index (κ2) is 5.74. The molecule has 0 radical (unpaired) electrons. The fourth-order valence-electron chi connectivity index (χ4n) is 2.92. The lowest BCUT2D eigenvalue weighted by Gasteiger charge is -2.28. The van der Waals surface area contributed by atoms with Crippen LogP contribution in [0, 0.1) is 6.92 Å². The lowest BCUT2D eigenvalue weighted by molar-refractivity contribution is -0.0164. The average Bonchev–Trinajstić information content (AvgIpc) is 2.88. The Labute approximate surface area is 114 Å². The molecule has 1 saturated carbocycles. The van der Waals surface area contributed by atoms with Gasteiger partial charge in [0.25, 0.3) is 0 Å². The van der Waals surface area contributed by atoms with Gasteiger partial charge in [0.15, 0.2) is 5.78 Å². The molecule has 0 unspecified atom stereocenters. The van der Waals surface area contributed by atoms with Crippen LogP contribution in [0.2, 0.25) is 0 Å². The number of carbonyl (C=O) groups excluding carboxylic acids is 1. The van der Waals surface area contributed by atoms with E-state index in [1.807, 2.05) is 32.0 Å². The molecule has 0 spiro atoms. The van der Waals surface area contributed by atoms with E-state index in [9.17, 15) is 4.79 Å². The Morgan fingerprint density at radius 2 is 2.00 bits per heavy atom. The molecule has 0 aliphatic heterocycles. The van der Waals surface area contributed by atoms with Gasteiger partial charge in [-0.2, -0.15) is 0 Å². The minimum atomic E-state index is -0.589. The molecular weight excluding hydrogens is 240 g/mol. The van der Waals surface area contributed by atoms with Crippen molar-refractivity contribution in [3.05, 3.63) is 29.3 Å². The molecule has 0 aromatic heterocycles. The van der Waals surface area contributed by atoms with E-state index in [4.69, 9.17) is 9.47 Å². The third-order valence-corrected chi connectivity index (χ3v) is 3.92. The number of hydrogen-bond acceptors (Lipinski definition) is 3. The quantitative estimate of drug-likeness (QED) is 0.761. The Kier molecular flexibility index (Phi) is 4.25. The first-order valence-corrected chi connectivity index (χ1v) is 6.96. The van der Waals surface area contributed by atoms with Gasteiger partial charge in [0, 0.05) is 12.2 Å². The highest BCUT2D eigenvalue weighted by molar-refractivity contribution is 6.04. The van der Waals surface area contributed by atoms with Crippen molar-refractivity contribution in [2.45, 2.75) is 45.1 Å². The molecule has 0 N–H and O–H groups in total. The highest BCUT2D eigenvalue weighted by Crippen LogP contribution is 2.37. The molecule has 0 atom stereocenters. The largest absolute Gasteiger partial charge is 0.497 e. The van der Waals surface area contributed by atoms with E-state index in [0.29, 0.717) is 6.61 Å². The number of methoxy groups -OCH3 is 1. The van der Waals surface area contributed by atoms with Crippen LogP contribution in [-0.2, 0) is 4.74 Å². The summed E-state index contributed by atoms with van der Waals surface area (Å²) in [6.45, 7) is 4.49. The lowest BCUT2D eigenvalue weighted by Crippen LogP contribution is -2.39. The summed E-state index contributed by atoms with van der Waals surface area (Å²) in [6, 6.07) is 5.60. The average molecular weight is 262 g/mol. The van der Waals surface area contributed by atoms with E-state index in [0.717, 1.165) is 42.6 Å². The first-order chi connectivity index (χ1) is 9.13. The molecule has 0 saturated heterocycles. The summed E-state index contributed by atoms with van der Waals surface area (Å²) < 4.78 is 11.0. The second-order valence-corrected chi connectivity index (χ2v) is 5.14. The Morgan fingerprint density at radius 1 is 1.32 bits per heavy atom. The van der Waals surface area contributed by atoms with E-state index in [1.165, 1.54) is 0 Å². The Morgan fingerprint density at radius 3 is 2.53 bits per heavy atom. The van der Waals surface area contributed by atoms with E-state index >= 15 is 0 Å². The van der Waals surface area contributed by atoms with Crippen molar-refractivity contribution in [3.8, 4) is 5.75 Å². The normalized spacial score (nSPS) is 17.4. The summed E-state index contributed by atoms with van der Waals surface area (Å²) in [5.41, 5.74) is 1.13. The zero-order valence-electron chi connectivity index (χ0n) is 12.0. The lowest BCUT2D eigenvalue weighted by atomic mass is 9.89. The highest BCUT2D eigenvalue weighted by Gasteiger charge is 2.42. The third-order valence-electron chi connectivity index (χ3n) is 3.92. The van der Waals surface area contributed by atoms with Gasteiger partial charge < -0.3 is 9.47 Å². The van der Waals surface area contributed by atoms with Gasteiger partial charge in [-0.1, -0.05) is 0 Å². The molecule has 0 heterocycles. The van der Waals surface area contributed by atoms with Crippen LogP contribution in [0.4, 0.5) is 0 Å². The molecule has 0 amide bonds. The van der Waals surface area contributed by atoms with E-state index in [2.05, 4.69) is 0 Å². The topological polar surface area (TPSA) is 35.5 Å². The van der Waals surface area contributed by atoms with Crippen molar-refractivity contribution in [1.29, 1.82) is 0 Å². The number of ketones is 1. The van der Waals surface area contributed by atoms with Crippen LogP contribution in [0.25, 0.3) is 0 Å². The third kappa shape index (κ3) is 2.66. The van der Waals surface area contributed by atoms with Gasteiger partial charge in [-0.05, 0) is 63.3 Å². The fraction of sp³-hybridized carbons (Fsp3) is 0.562. The van der Waals surface area contributed by atoms with Crippen LogP contribution in [-0.4, -0.2) is 25.1 Å². The van der Waals surface area contributed by atoms with Crippen molar-refractivity contribution in [2.75, 3.05) is 13.7 Å². The summed E-state index contributed by atoms with van der Waals surface area (Å²) in [5, 5.41) is 0. The zero-order chi connectivity index (χ0) is 13.9. The zero-order valence-corrected chi connectivity index (χ0v) is 12.0. The molecule has 104 valence electrons. The molecule has 3 heteroatoms. The van der Waals surface area contributed by atoms with Crippen LogP contribution in [0.15, 0.2) is 18.2 Å². The Bertz CT molecular complexity index is 459. The van der Waals surface area contributed by atoms with Gasteiger partial charge in [0.05, 0.1) is 7.11 Å². The van der Waals surface area contributed by atoms with E-state index in [-0.39, 0.29) is 5.78 Å². The molecule has 2 rings (SSSR count). The summed E-state index contributed by atoms with van der Waals surface area (Å²) in [4.78, 5) is 12.8.